The highest BCUT2D eigenvalue weighted by atomic mass is 15.1. The smallest absolute Gasteiger partial charge is 0.0465 e. The molecule has 0 saturated carbocycles. The number of benzene rings is 7. The number of para-hydroxylation sites is 1. The minimum atomic E-state index is -0.0579. The van der Waals surface area contributed by atoms with Gasteiger partial charge in [-0.3, -0.25) is 0 Å². The van der Waals surface area contributed by atoms with Crippen molar-refractivity contribution in [1.82, 2.24) is 0 Å². The molecule has 0 amide bonds. The number of fused-ring (bicyclic) bond motifs is 7. The Labute approximate surface area is 332 Å². The second-order valence-electron chi connectivity index (χ2n) is 17.4. The van der Waals surface area contributed by atoms with Gasteiger partial charge in [-0.2, -0.15) is 0 Å². The fraction of sp³-hybridized carbons (Fsp3) is 0.164. The Hall–Kier alpha value is -6.18. The van der Waals surface area contributed by atoms with Crippen LogP contribution in [0.5, 0.6) is 0 Å². The van der Waals surface area contributed by atoms with Crippen molar-refractivity contribution in [2.75, 3.05) is 4.90 Å². The summed E-state index contributed by atoms with van der Waals surface area (Å²) in [4.78, 5) is 2.37. The highest BCUT2D eigenvalue weighted by Crippen LogP contribution is 2.62. The van der Waals surface area contributed by atoms with Crippen LogP contribution in [0.2, 0.25) is 0 Å². The van der Waals surface area contributed by atoms with Gasteiger partial charge in [-0.1, -0.05) is 175 Å². The average molecular weight is 722 g/mol. The van der Waals surface area contributed by atoms with Gasteiger partial charge in [-0.25, -0.2) is 0 Å². The van der Waals surface area contributed by atoms with E-state index in [1.807, 2.05) is 0 Å². The second kappa shape index (κ2) is 12.4. The lowest BCUT2D eigenvalue weighted by molar-refractivity contribution is 0.660. The zero-order valence-electron chi connectivity index (χ0n) is 33.2. The summed E-state index contributed by atoms with van der Waals surface area (Å²) in [5.41, 5.74) is 22.4. The standard InChI is InChI=1S/C55H47N/c1-53(2)47-18-12-10-16-43(47)44-33-31-42(35-50(44)53)56(40-14-8-7-9-15-40)41-29-24-37(25-30-41)21-20-36-22-26-38(27-23-36)39-28-32-46-49(34-39)55(5,6)51-45-17-11-13-19-48(45)54(3,4)52(46)51/h7-35H,1-6H3. The Bertz CT molecular complexity index is 2740. The number of hydrogen-bond acceptors (Lipinski definition) is 1. The highest BCUT2D eigenvalue weighted by Gasteiger charge is 2.49. The fourth-order valence-electron chi connectivity index (χ4n) is 10.1. The molecule has 272 valence electrons. The van der Waals surface area contributed by atoms with E-state index in [2.05, 4.69) is 222 Å². The number of hydrogen-bond donors (Lipinski definition) is 0. The highest BCUT2D eigenvalue weighted by molar-refractivity contribution is 6.09. The van der Waals surface area contributed by atoms with Gasteiger partial charge in [0.1, 0.15) is 0 Å². The van der Waals surface area contributed by atoms with Crippen molar-refractivity contribution >= 4 is 40.4 Å². The lowest BCUT2D eigenvalue weighted by Crippen LogP contribution is -2.19. The van der Waals surface area contributed by atoms with Crippen LogP contribution in [-0.2, 0) is 16.2 Å². The lowest BCUT2D eigenvalue weighted by Gasteiger charge is -2.28. The molecule has 0 spiro atoms. The van der Waals surface area contributed by atoms with Crippen LogP contribution < -0.4 is 4.90 Å². The van der Waals surface area contributed by atoms with E-state index in [1.54, 1.807) is 0 Å². The number of allylic oxidation sites excluding steroid dienone is 2. The summed E-state index contributed by atoms with van der Waals surface area (Å²) in [7, 11) is 0. The Morgan fingerprint density at radius 3 is 1.46 bits per heavy atom. The third-order valence-electron chi connectivity index (χ3n) is 13.0. The molecule has 0 bridgehead atoms. The van der Waals surface area contributed by atoms with Crippen molar-refractivity contribution in [3.8, 4) is 22.3 Å². The molecule has 0 radical (unpaired) electrons. The summed E-state index contributed by atoms with van der Waals surface area (Å²) < 4.78 is 0. The van der Waals surface area contributed by atoms with Gasteiger partial charge in [0.15, 0.2) is 0 Å². The van der Waals surface area contributed by atoms with Gasteiger partial charge in [0.05, 0.1) is 0 Å². The van der Waals surface area contributed by atoms with Crippen LogP contribution >= 0.6 is 0 Å². The van der Waals surface area contributed by atoms with Crippen molar-refractivity contribution in [1.29, 1.82) is 0 Å². The molecular formula is C55H47N. The minimum Gasteiger partial charge on any atom is -0.310 e. The lowest BCUT2D eigenvalue weighted by atomic mass is 9.75. The van der Waals surface area contributed by atoms with Gasteiger partial charge in [0, 0.05) is 33.3 Å². The first-order valence-electron chi connectivity index (χ1n) is 20.0. The van der Waals surface area contributed by atoms with Gasteiger partial charge >= 0.3 is 0 Å². The third-order valence-corrected chi connectivity index (χ3v) is 13.0. The van der Waals surface area contributed by atoms with Gasteiger partial charge in [-0.05, 0) is 120 Å². The van der Waals surface area contributed by atoms with E-state index >= 15 is 0 Å². The molecule has 0 aliphatic heterocycles. The summed E-state index contributed by atoms with van der Waals surface area (Å²) in [6.45, 7) is 14.3. The summed E-state index contributed by atoms with van der Waals surface area (Å²) in [6, 6.07) is 60.6. The maximum absolute atomic E-state index is 2.44. The van der Waals surface area contributed by atoms with Gasteiger partial charge in [-0.15, -0.1) is 0 Å². The Balaban J connectivity index is 0.897. The fourth-order valence-corrected chi connectivity index (χ4v) is 10.1. The molecule has 0 fully saturated rings. The second-order valence-corrected chi connectivity index (χ2v) is 17.4. The van der Waals surface area contributed by atoms with E-state index in [4.69, 9.17) is 0 Å². The van der Waals surface area contributed by atoms with Crippen LogP contribution in [-0.4, -0.2) is 0 Å². The average Bonchev–Trinajstić information content (AvgIpc) is 3.72. The molecule has 3 aliphatic rings. The maximum atomic E-state index is 2.44. The third kappa shape index (κ3) is 5.14. The van der Waals surface area contributed by atoms with Gasteiger partial charge < -0.3 is 4.90 Å². The first-order chi connectivity index (χ1) is 27.0. The van der Waals surface area contributed by atoms with Crippen LogP contribution in [0.15, 0.2) is 164 Å². The van der Waals surface area contributed by atoms with E-state index in [-0.39, 0.29) is 16.2 Å². The molecule has 0 N–H and O–H groups in total. The van der Waals surface area contributed by atoms with Crippen molar-refractivity contribution in [3.05, 3.63) is 208 Å². The minimum absolute atomic E-state index is 0.00129. The van der Waals surface area contributed by atoms with E-state index in [0.717, 1.165) is 11.4 Å². The molecule has 7 aromatic carbocycles. The molecule has 1 heteroatoms. The topological polar surface area (TPSA) is 3.24 Å². The van der Waals surface area contributed by atoms with E-state index < -0.39 is 0 Å². The molecule has 1 nitrogen and oxygen atoms in total. The van der Waals surface area contributed by atoms with E-state index in [1.165, 1.54) is 83.6 Å². The van der Waals surface area contributed by atoms with Crippen LogP contribution in [0.25, 0.3) is 45.6 Å². The first-order valence-corrected chi connectivity index (χ1v) is 20.0. The van der Waals surface area contributed by atoms with Crippen LogP contribution in [0.3, 0.4) is 0 Å². The number of nitrogens with zero attached hydrogens (tertiary/aromatic N) is 1. The molecule has 0 unspecified atom stereocenters. The molecule has 0 atom stereocenters. The summed E-state index contributed by atoms with van der Waals surface area (Å²) in [5.74, 6) is 0. The molecule has 7 aromatic rings. The summed E-state index contributed by atoms with van der Waals surface area (Å²) in [5, 5.41) is 0. The summed E-state index contributed by atoms with van der Waals surface area (Å²) >= 11 is 0. The normalized spacial score (nSPS) is 16.3. The number of anilines is 3. The van der Waals surface area contributed by atoms with Crippen LogP contribution in [0.1, 0.15) is 86.1 Å². The van der Waals surface area contributed by atoms with Crippen LogP contribution in [0.4, 0.5) is 17.1 Å². The van der Waals surface area contributed by atoms with Crippen molar-refractivity contribution < 1.29 is 0 Å². The maximum Gasteiger partial charge on any atom is 0.0465 e. The molecule has 0 heterocycles. The zero-order valence-corrected chi connectivity index (χ0v) is 33.2. The molecular weight excluding hydrogens is 675 g/mol. The predicted octanol–water partition coefficient (Wildman–Crippen LogP) is 14.8. The van der Waals surface area contributed by atoms with Gasteiger partial charge in [0.25, 0.3) is 0 Å². The molecule has 56 heavy (non-hydrogen) atoms. The SMILES string of the molecule is CC1(C)C2=C(c3ccccc31)C(C)(C)c1cc(-c3ccc(C=Cc4ccc(N(c5ccccc5)c5ccc6c(c5)C(C)(C)c5ccccc5-6)cc4)cc3)ccc12. The number of rotatable bonds is 6. The Kier molecular flexibility index (Phi) is 7.61. The summed E-state index contributed by atoms with van der Waals surface area (Å²) in [6.07, 6.45) is 4.43. The largest absolute Gasteiger partial charge is 0.310 e. The molecule has 0 saturated heterocycles. The molecule has 0 aromatic heterocycles. The van der Waals surface area contributed by atoms with E-state index in [0.29, 0.717) is 0 Å². The Morgan fingerprint density at radius 2 is 0.786 bits per heavy atom. The molecule has 10 rings (SSSR count). The predicted molar refractivity (Wildman–Crippen MR) is 239 cm³/mol. The van der Waals surface area contributed by atoms with Gasteiger partial charge in [0.2, 0.25) is 0 Å². The first kappa shape index (κ1) is 34.3. The zero-order chi connectivity index (χ0) is 38.4. The van der Waals surface area contributed by atoms with Crippen molar-refractivity contribution in [3.63, 3.8) is 0 Å². The van der Waals surface area contributed by atoms with Crippen LogP contribution in [0, 0.1) is 0 Å². The Morgan fingerprint density at radius 1 is 0.339 bits per heavy atom. The van der Waals surface area contributed by atoms with E-state index in [9.17, 15) is 0 Å². The van der Waals surface area contributed by atoms with Crippen molar-refractivity contribution in [2.24, 2.45) is 0 Å². The molecule has 3 aliphatic carbocycles. The quantitative estimate of drug-likeness (QED) is 0.155. The van der Waals surface area contributed by atoms with Crippen molar-refractivity contribution in [2.45, 2.75) is 57.8 Å². The monoisotopic (exact) mass is 721 g/mol.